The van der Waals surface area contributed by atoms with Gasteiger partial charge in [0.15, 0.2) is 0 Å². The fraction of sp³-hybridized carbons (Fsp3) is 0. The molecule has 0 bridgehead atoms. The summed E-state index contributed by atoms with van der Waals surface area (Å²) in [5.74, 6) is 0. The molecule has 0 saturated carbocycles. The van der Waals surface area contributed by atoms with E-state index in [-0.39, 0.29) is 0 Å². The Morgan fingerprint density at radius 1 is 1.22 bits per heavy atom. The van der Waals surface area contributed by atoms with Gasteiger partial charge in [0.2, 0.25) is 0 Å². The Labute approximate surface area is 58.8 Å². The molecule has 0 aliphatic heterocycles. The van der Waals surface area contributed by atoms with Crippen molar-refractivity contribution in [2.24, 2.45) is 0 Å². The van der Waals surface area contributed by atoms with Gasteiger partial charge in [0, 0.05) is 5.02 Å². The first-order valence-electron chi connectivity index (χ1n) is 2.56. The van der Waals surface area contributed by atoms with Crippen molar-refractivity contribution in [3.63, 3.8) is 0 Å². The van der Waals surface area contributed by atoms with Crippen molar-refractivity contribution in [1.29, 1.82) is 0 Å². The van der Waals surface area contributed by atoms with Crippen LogP contribution < -0.4 is 0 Å². The van der Waals surface area contributed by atoms with Crippen molar-refractivity contribution in [2.75, 3.05) is 0 Å². The molecule has 0 aliphatic rings. The Balaban J connectivity index is 3.01. The summed E-state index contributed by atoms with van der Waals surface area (Å²) in [6.07, 6.45) is 1.04. The molecule has 46 valence electrons. The smallest absolute Gasteiger partial charge is 0.0406 e. The van der Waals surface area contributed by atoms with Crippen LogP contribution in [-0.2, 0) is 0 Å². The van der Waals surface area contributed by atoms with Crippen LogP contribution in [-0.4, -0.2) is 6.21 Å². The summed E-state index contributed by atoms with van der Waals surface area (Å²) in [7, 11) is 0. The molecular formula is C7H5ClN-. The lowest BCUT2D eigenvalue weighted by Crippen LogP contribution is -1.74. The van der Waals surface area contributed by atoms with Crippen molar-refractivity contribution in [3.8, 4) is 0 Å². The van der Waals surface area contributed by atoms with E-state index < -0.39 is 0 Å². The lowest BCUT2D eigenvalue weighted by Gasteiger charge is -1.94. The van der Waals surface area contributed by atoms with Crippen LogP contribution in [0.5, 0.6) is 0 Å². The van der Waals surface area contributed by atoms with Gasteiger partial charge >= 0.3 is 0 Å². The third-order valence-electron chi connectivity index (χ3n) is 1.02. The highest BCUT2D eigenvalue weighted by molar-refractivity contribution is 6.30. The van der Waals surface area contributed by atoms with E-state index in [4.69, 9.17) is 17.0 Å². The van der Waals surface area contributed by atoms with Crippen LogP contribution in [0.2, 0.25) is 5.02 Å². The molecule has 0 aliphatic carbocycles. The zero-order valence-corrected chi connectivity index (χ0v) is 5.47. The van der Waals surface area contributed by atoms with E-state index in [0.717, 1.165) is 11.8 Å². The second-order valence-electron chi connectivity index (χ2n) is 1.68. The number of rotatable bonds is 1. The topological polar surface area (TPSA) is 22.3 Å². The highest BCUT2D eigenvalue weighted by Crippen LogP contribution is 2.07. The molecule has 1 aromatic carbocycles. The molecule has 0 spiro atoms. The zero-order valence-electron chi connectivity index (χ0n) is 4.71. The van der Waals surface area contributed by atoms with Crippen LogP contribution in [0.15, 0.2) is 24.3 Å². The Morgan fingerprint density at radius 3 is 2.22 bits per heavy atom. The summed E-state index contributed by atoms with van der Waals surface area (Å²) >= 11 is 5.57. The molecule has 0 heterocycles. The van der Waals surface area contributed by atoms with E-state index in [1.54, 1.807) is 24.3 Å². The molecule has 1 rings (SSSR count). The Hall–Kier alpha value is -0.820. The SMILES string of the molecule is [N-]=Cc1ccc(Cl)cc1. The number of hydrogen-bond donors (Lipinski definition) is 0. The maximum atomic E-state index is 8.46. The number of halogens is 1. The fourth-order valence-corrected chi connectivity index (χ4v) is 0.675. The minimum Gasteiger partial charge on any atom is -0.810 e. The van der Waals surface area contributed by atoms with E-state index in [0.29, 0.717) is 5.02 Å². The Bertz CT molecular complexity index is 203. The predicted octanol–water partition coefficient (Wildman–Crippen LogP) is 2.33. The molecule has 0 N–H and O–H groups in total. The van der Waals surface area contributed by atoms with Gasteiger partial charge in [0.25, 0.3) is 0 Å². The van der Waals surface area contributed by atoms with Crippen molar-refractivity contribution in [3.05, 3.63) is 40.3 Å². The Kier molecular flexibility index (Phi) is 1.85. The van der Waals surface area contributed by atoms with Crippen LogP contribution in [0.1, 0.15) is 5.56 Å². The fourth-order valence-electron chi connectivity index (χ4n) is 0.549. The maximum absolute atomic E-state index is 8.46. The quantitative estimate of drug-likeness (QED) is 0.532. The largest absolute Gasteiger partial charge is 0.810 e. The molecule has 1 nitrogen and oxygen atoms in total. The standard InChI is InChI=1S/C7H5ClN/c8-7-3-1-6(5-9)2-4-7/h1-5H/q-1. The summed E-state index contributed by atoms with van der Waals surface area (Å²) < 4.78 is 0. The molecule has 1 aromatic rings. The van der Waals surface area contributed by atoms with Crippen molar-refractivity contribution >= 4 is 17.8 Å². The Morgan fingerprint density at radius 2 is 1.78 bits per heavy atom. The zero-order chi connectivity index (χ0) is 6.69. The van der Waals surface area contributed by atoms with Gasteiger partial charge in [-0.25, -0.2) is 0 Å². The van der Waals surface area contributed by atoms with Crippen LogP contribution in [0.4, 0.5) is 0 Å². The van der Waals surface area contributed by atoms with Crippen molar-refractivity contribution in [2.45, 2.75) is 0 Å². The minimum atomic E-state index is 0.681. The molecular weight excluding hydrogens is 134 g/mol. The first kappa shape index (κ1) is 6.30. The molecule has 0 saturated heterocycles. The molecule has 0 aromatic heterocycles. The molecule has 2 heteroatoms. The van der Waals surface area contributed by atoms with E-state index in [2.05, 4.69) is 0 Å². The van der Waals surface area contributed by atoms with Gasteiger partial charge in [-0.2, -0.15) is 6.21 Å². The van der Waals surface area contributed by atoms with Crippen LogP contribution in [0.3, 0.4) is 0 Å². The monoisotopic (exact) mass is 138 g/mol. The molecule has 0 fully saturated rings. The average molecular weight is 139 g/mol. The summed E-state index contributed by atoms with van der Waals surface area (Å²) in [6, 6.07) is 6.93. The lowest BCUT2D eigenvalue weighted by atomic mass is 10.2. The maximum Gasteiger partial charge on any atom is 0.0406 e. The number of hydrogen-bond acceptors (Lipinski definition) is 0. The molecule has 0 atom stereocenters. The van der Waals surface area contributed by atoms with Gasteiger partial charge < -0.3 is 5.41 Å². The van der Waals surface area contributed by atoms with Crippen LogP contribution in [0, 0.1) is 0 Å². The van der Waals surface area contributed by atoms with E-state index >= 15 is 0 Å². The lowest BCUT2D eigenvalue weighted by molar-refractivity contribution is 1.68. The third kappa shape index (κ3) is 1.54. The van der Waals surface area contributed by atoms with Gasteiger partial charge in [0.1, 0.15) is 0 Å². The number of nitrogens with zero attached hydrogens (tertiary/aromatic N) is 1. The van der Waals surface area contributed by atoms with E-state index in [1.165, 1.54) is 0 Å². The van der Waals surface area contributed by atoms with Gasteiger partial charge in [-0.05, 0) is 17.7 Å². The molecule has 0 amide bonds. The number of benzene rings is 1. The summed E-state index contributed by atoms with van der Waals surface area (Å²) in [6.45, 7) is 0. The highest BCUT2D eigenvalue weighted by atomic mass is 35.5. The second kappa shape index (κ2) is 2.65. The van der Waals surface area contributed by atoms with Gasteiger partial charge in [0.05, 0.1) is 0 Å². The average Bonchev–Trinajstić information content (AvgIpc) is 1.90. The van der Waals surface area contributed by atoms with Gasteiger partial charge in [-0.15, -0.1) is 0 Å². The molecule has 0 radical (unpaired) electrons. The normalized spacial score (nSPS) is 9.00. The van der Waals surface area contributed by atoms with Crippen molar-refractivity contribution in [1.82, 2.24) is 0 Å². The predicted molar refractivity (Wildman–Crippen MR) is 40.0 cm³/mol. The van der Waals surface area contributed by atoms with Crippen molar-refractivity contribution < 1.29 is 0 Å². The summed E-state index contributed by atoms with van der Waals surface area (Å²) in [4.78, 5) is 0. The molecule has 9 heavy (non-hydrogen) atoms. The second-order valence-corrected chi connectivity index (χ2v) is 2.12. The van der Waals surface area contributed by atoms with Crippen LogP contribution >= 0.6 is 11.6 Å². The minimum absolute atomic E-state index is 0.681. The van der Waals surface area contributed by atoms with Crippen LogP contribution in [0.25, 0.3) is 5.41 Å². The van der Waals surface area contributed by atoms with E-state index in [9.17, 15) is 0 Å². The van der Waals surface area contributed by atoms with E-state index in [1.807, 2.05) is 0 Å². The molecule has 0 unspecified atom stereocenters. The highest BCUT2D eigenvalue weighted by Gasteiger charge is 1.82. The third-order valence-corrected chi connectivity index (χ3v) is 1.27. The first-order chi connectivity index (χ1) is 4.33. The van der Waals surface area contributed by atoms with Gasteiger partial charge in [-0.1, -0.05) is 23.7 Å². The summed E-state index contributed by atoms with van der Waals surface area (Å²) in [5, 5.41) is 9.14. The van der Waals surface area contributed by atoms with Gasteiger partial charge in [-0.3, -0.25) is 0 Å². The first-order valence-corrected chi connectivity index (χ1v) is 2.94. The summed E-state index contributed by atoms with van der Waals surface area (Å²) in [5.41, 5.74) is 0.763.